The van der Waals surface area contributed by atoms with Gasteiger partial charge < -0.3 is 23.7 Å². The average molecular weight is 1220 g/mol. The summed E-state index contributed by atoms with van der Waals surface area (Å²) in [4.78, 5) is 37.8. The first kappa shape index (κ1) is 77.8. The maximum atomic E-state index is 12.9. The second-order valence-electron chi connectivity index (χ2n) is 32.9. The van der Waals surface area contributed by atoms with Crippen molar-refractivity contribution in [1.82, 2.24) is 0 Å². The molecule has 21 aliphatic rings. The molecule has 0 amide bonds. The van der Waals surface area contributed by atoms with Crippen LogP contribution in [0, 0.1) is 146 Å². The highest BCUT2D eigenvalue weighted by atomic mass is 16.7. The molecule has 21 rings (SSSR count). The van der Waals surface area contributed by atoms with Crippen molar-refractivity contribution in [3.63, 3.8) is 0 Å². The second-order valence-corrected chi connectivity index (χ2v) is 32.9. The molecule has 0 aromatic heterocycles. The molecule has 0 aromatic rings. The molecule has 21 fully saturated rings. The molecule has 21 saturated carbocycles. The van der Waals surface area contributed by atoms with E-state index in [1.54, 1.807) is 0 Å². The van der Waals surface area contributed by atoms with E-state index in [2.05, 4.69) is 20.8 Å². The first-order valence-corrected chi connectivity index (χ1v) is 35.3. The largest absolute Gasteiger partial charge is 0.459 e. The van der Waals surface area contributed by atoms with Crippen molar-refractivity contribution >= 4 is 17.9 Å². The zero-order chi connectivity index (χ0) is 58.9. The minimum atomic E-state index is -0.420. The Balaban J connectivity index is 0.000000259. The first-order valence-electron chi connectivity index (χ1n) is 35.3. The molecule has 24 bridgehead atoms. The Kier molecular flexibility index (Phi) is 25.1. The summed E-state index contributed by atoms with van der Waals surface area (Å²) < 4.78 is 31.1. The minimum Gasteiger partial charge on any atom is -0.459 e. The van der Waals surface area contributed by atoms with Gasteiger partial charge in [-0.2, -0.15) is 0 Å². The number of esters is 3. The van der Waals surface area contributed by atoms with Gasteiger partial charge in [0.05, 0.1) is 27.4 Å². The Hall–Kier alpha value is -1.67. The Bertz CT molecular complexity index is 2100. The summed E-state index contributed by atoms with van der Waals surface area (Å²) in [5.74, 6) is 19.6. The number of carbonyl (C=O) groups is 3. The van der Waals surface area contributed by atoms with Crippen molar-refractivity contribution in [2.75, 3.05) is 0 Å². The van der Waals surface area contributed by atoms with E-state index in [1.807, 2.05) is 111 Å². The molecule has 0 aromatic carbocycles. The number of ether oxygens (including phenoxy) is 5. The van der Waals surface area contributed by atoms with E-state index in [0.29, 0.717) is 0 Å². The van der Waals surface area contributed by atoms with Crippen molar-refractivity contribution < 1.29 is 38.1 Å². The summed E-state index contributed by atoms with van der Waals surface area (Å²) >= 11 is 0. The van der Waals surface area contributed by atoms with E-state index in [-0.39, 0.29) is 90.1 Å². The SMILES string of the molecule is C.C.C.C.C.C.CC.CC.CC.CCC(C)(C)C(=O)OC(C)(C)C12CC3C4CC5CC3C(C1)C(C5)C4C2.CCC(C)(C)C(=O)OC(C)OC12CC3C4CC5CC3C(C1)C(C5)C4C2.CCC(C)(C)C(=O)OC(C)OC12CC3CC4C5CC(CC41)CC2C5C3. The third-order valence-electron chi connectivity index (χ3n) is 28.2. The molecule has 0 spiro atoms. The van der Waals surface area contributed by atoms with Crippen LogP contribution in [0.2, 0.25) is 0 Å². The van der Waals surface area contributed by atoms with Crippen LogP contribution < -0.4 is 0 Å². The molecule has 0 heterocycles. The van der Waals surface area contributed by atoms with Gasteiger partial charge in [0, 0.05) is 5.41 Å². The monoisotopic (exact) mass is 1220 g/mol. The summed E-state index contributed by atoms with van der Waals surface area (Å²) in [7, 11) is 0. The normalized spacial score (nSPS) is 43.4. The van der Waals surface area contributed by atoms with E-state index in [0.717, 1.165) is 144 Å². The van der Waals surface area contributed by atoms with Crippen LogP contribution in [-0.4, -0.2) is 47.3 Å². The topological polar surface area (TPSA) is 97.4 Å². The fraction of sp³-hybridized carbons (Fsp3) is 0.962. The lowest BCUT2D eigenvalue weighted by atomic mass is 9.31. The van der Waals surface area contributed by atoms with E-state index in [1.165, 1.54) is 116 Å². The molecule has 0 radical (unpaired) electrons. The number of rotatable bonds is 14. The molecule has 21 aliphatic carbocycles. The Morgan fingerprint density at radius 2 is 0.644 bits per heavy atom. The summed E-state index contributed by atoms with van der Waals surface area (Å²) in [6.45, 7) is 38.5. The van der Waals surface area contributed by atoms with Crippen LogP contribution in [0.15, 0.2) is 0 Å². The van der Waals surface area contributed by atoms with Crippen LogP contribution in [-0.2, 0) is 38.1 Å². The van der Waals surface area contributed by atoms with Gasteiger partial charge in [-0.25, -0.2) is 0 Å². The molecule has 8 heteroatoms. The lowest BCUT2D eigenvalue weighted by Crippen LogP contribution is -2.72. The summed E-state index contributed by atoms with van der Waals surface area (Å²) in [5.41, 5.74) is -1.24. The molecule has 0 saturated heterocycles. The van der Waals surface area contributed by atoms with Crippen LogP contribution in [0.25, 0.3) is 0 Å². The van der Waals surface area contributed by atoms with Gasteiger partial charge in [-0.1, -0.05) is 107 Å². The Morgan fingerprint density at radius 3 is 0.977 bits per heavy atom. The zero-order valence-electron chi connectivity index (χ0n) is 55.4. The quantitative estimate of drug-likeness (QED) is 0.0964. The third-order valence-corrected chi connectivity index (χ3v) is 28.2. The fourth-order valence-corrected chi connectivity index (χ4v) is 24.0. The molecule has 0 N–H and O–H groups in total. The van der Waals surface area contributed by atoms with Crippen LogP contribution >= 0.6 is 0 Å². The Labute approximate surface area is 539 Å². The van der Waals surface area contributed by atoms with Gasteiger partial charge in [-0.3, -0.25) is 14.4 Å². The van der Waals surface area contributed by atoms with Gasteiger partial charge in [-0.05, 0) is 328 Å². The molecule has 6 unspecified atom stereocenters. The number of carbonyl (C=O) groups excluding carboxylic acids is 3. The standard InChI is InChI=1S/C23H36O2.2C22H34O3.3C2H6.6CH4/c1-6-21(2,3)20(24)25-22(4,5)23-10-17-14-7-13-8-15(17)19(12-23)16(9-13)18(14)11-23;1-5-21(3,4)20(23)24-12(2)25-22-11-14-7-16-15-6-13(9-18(16)22)10-19(22)17(15)8-14;1-5-21(3,4)20(23)24-12(2)25-22-9-17-14-6-13-7-15(17)19(11-22)16(8-13)18(14)10-22;3*1-2;;;;;;/h13-19H,6-12H2,1-5H3;2*12-19H,5-11H2,1-4H3;3*1-2H3;6*1H4. The molecule has 87 heavy (non-hydrogen) atoms. The molecule has 6 atom stereocenters. The first-order chi connectivity index (χ1) is 38.3. The molecule has 0 aliphatic heterocycles. The van der Waals surface area contributed by atoms with Crippen molar-refractivity contribution in [3.05, 3.63) is 0 Å². The predicted molar refractivity (Wildman–Crippen MR) is 364 cm³/mol. The highest BCUT2D eigenvalue weighted by Crippen LogP contribution is 2.78. The molecular formula is C79H146O8. The zero-order valence-corrected chi connectivity index (χ0v) is 55.4. The number of hydrogen-bond donors (Lipinski definition) is 0. The Morgan fingerprint density at radius 1 is 0.368 bits per heavy atom. The van der Waals surface area contributed by atoms with Crippen LogP contribution in [0.1, 0.15) is 311 Å². The fourth-order valence-electron chi connectivity index (χ4n) is 24.0. The van der Waals surface area contributed by atoms with E-state index < -0.39 is 23.4 Å². The van der Waals surface area contributed by atoms with Crippen molar-refractivity contribution in [2.24, 2.45) is 146 Å². The van der Waals surface area contributed by atoms with Gasteiger partial charge in [0.15, 0.2) is 0 Å². The van der Waals surface area contributed by atoms with E-state index in [9.17, 15) is 14.4 Å². The highest BCUT2D eigenvalue weighted by Gasteiger charge is 2.73. The van der Waals surface area contributed by atoms with E-state index >= 15 is 0 Å². The van der Waals surface area contributed by atoms with Gasteiger partial charge in [0.1, 0.15) is 5.60 Å². The maximum absolute atomic E-state index is 12.9. The van der Waals surface area contributed by atoms with Crippen LogP contribution in [0.4, 0.5) is 0 Å². The van der Waals surface area contributed by atoms with Crippen molar-refractivity contribution in [3.8, 4) is 0 Å². The summed E-state index contributed by atoms with van der Waals surface area (Å²) in [6, 6.07) is 0. The maximum Gasteiger partial charge on any atom is 0.313 e. The van der Waals surface area contributed by atoms with Crippen LogP contribution in [0.5, 0.6) is 0 Å². The summed E-state index contributed by atoms with van der Waals surface area (Å²) in [5, 5.41) is 0. The molecular weight excluding hydrogens is 1080 g/mol. The highest BCUT2D eigenvalue weighted by molar-refractivity contribution is 5.77. The minimum absolute atomic E-state index is 0. The smallest absolute Gasteiger partial charge is 0.313 e. The summed E-state index contributed by atoms with van der Waals surface area (Å²) in [6.07, 6.45) is 26.8. The van der Waals surface area contributed by atoms with Crippen molar-refractivity contribution in [1.29, 1.82) is 0 Å². The number of hydrogen-bond acceptors (Lipinski definition) is 8. The van der Waals surface area contributed by atoms with Gasteiger partial charge in [-0.15, -0.1) is 0 Å². The van der Waals surface area contributed by atoms with Gasteiger partial charge in [0.2, 0.25) is 12.6 Å². The lowest BCUT2D eigenvalue weighted by Gasteiger charge is -2.74. The molecule has 510 valence electrons. The second kappa shape index (κ2) is 28.1. The van der Waals surface area contributed by atoms with Gasteiger partial charge in [0.25, 0.3) is 0 Å². The predicted octanol–water partition coefficient (Wildman–Crippen LogP) is 21.9. The van der Waals surface area contributed by atoms with E-state index in [4.69, 9.17) is 23.7 Å². The molecule has 8 nitrogen and oxygen atoms in total. The van der Waals surface area contributed by atoms with Gasteiger partial charge >= 0.3 is 17.9 Å². The third kappa shape index (κ3) is 12.7. The lowest BCUT2D eigenvalue weighted by molar-refractivity contribution is -0.338. The average Bonchev–Trinajstić information content (AvgIpc) is 0.701. The van der Waals surface area contributed by atoms with Crippen molar-refractivity contribution in [2.45, 2.75) is 340 Å². The van der Waals surface area contributed by atoms with Crippen LogP contribution in [0.3, 0.4) is 0 Å².